The molecule has 0 unspecified atom stereocenters. The van der Waals surface area contributed by atoms with E-state index >= 15 is 0 Å². The molecule has 0 radical (unpaired) electrons. The van der Waals surface area contributed by atoms with Gasteiger partial charge in [-0.25, -0.2) is 4.79 Å². The first-order valence-electron chi connectivity index (χ1n) is 4.54. The quantitative estimate of drug-likeness (QED) is 0.644. The van der Waals surface area contributed by atoms with Crippen LogP contribution < -0.4 is 10.6 Å². The number of likely N-dealkylation sites (N-methyl/N-ethyl adjacent to an activating group) is 1. The number of urea groups is 1. The standard InChI is InChI=1S/C8H14ClN3O2/c1-2-12-4-6(5-12)10-8(14)11-7(13)3-9/h6H,2-5H2,1H3,(H2,10,11,13,14). The SMILES string of the molecule is CCN1CC(NC(=O)NC(=O)CCl)C1. The van der Waals surface area contributed by atoms with Crippen LogP contribution in [0.25, 0.3) is 0 Å². The third-order valence-electron chi connectivity index (χ3n) is 2.11. The van der Waals surface area contributed by atoms with E-state index in [1.54, 1.807) is 0 Å². The maximum Gasteiger partial charge on any atom is 0.321 e. The number of nitrogens with one attached hydrogen (secondary N) is 2. The molecule has 1 fully saturated rings. The summed E-state index contributed by atoms with van der Waals surface area (Å²) in [6, 6.07) is -0.311. The van der Waals surface area contributed by atoms with Crippen molar-refractivity contribution in [2.24, 2.45) is 0 Å². The van der Waals surface area contributed by atoms with E-state index in [1.807, 2.05) is 0 Å². The fourth-order valence-electron chi connectivity index (χ4n) is 1.30. The molecule has 5 nitrogen and oxygen atoms in total. The highest BCUT2D eigenvalue weighted by Gasteiger charge is 2.26. The Balaban J connectivity index is 2.13. The van der Waals surface area contributed by atoms with Crippen LogP contribution in [0.2, 0.25) is 0 Å². The number of hydrogen-bond acceptors (Lipinski definition) is 3. The Bertz CT molecular complexity index is 229. The highest BCUT2D eigenvalue weighted by atomic mass is 35.5. The van der Waals surface area contributed by atoms with Crippen LogP contribution in [0, 0.1) is 0 Å². The van der Waals surface area contributed by atoms with E-state index in [1.165, 1.54) is 0 Å². The summed E-state index contributed by atoms with van der Waals surface area (Å²) in [5.41, 5.74) is 0. The van der Waals surface area contributed by atoms with Crippen LogP contribution in [0.5, 0.6) is 0 Å². The van der Waals surface area contributed by atoms with Crippen LogP contribution in [0.1, 0.15) is 6.92 Å². The second kappa shape index (κ2) is 5.17. The summed E-state index contributed by atoms with van der Waals surface area (Å²) in [4.78, 5) is 24.0. The number of nitrogens with zero attached hydrogens (tertiary/aromatic N) is 1. The summed E-state index contributed by atoms with van der Waals surface area (Å²) in [7, 11) is 0. The first kappa shape index (κ1) is 11.3. The van der Waals surface area contributed by atoms with E-state index in [-0.39, 0.29) is 11.9 Å². The van der Waals surface area contributed by atoms with Gasteiger partial charge in [0.2, 0.25) is 5.91 Å². The molecule has 1 aliphatic heterocycles. The number of rotatable bonds is 3. The molecule has 2 N–H and O–H groups in total. The number of carbonyl (C=O) groups excluding carboxylic acids is 2. The van der Waals surface area contributed by atoms with Gasteiger partial charge in [-0.1, -0.05) is 6.92 Å². The first-order valence-corrected chi connectivity index (χ1v) is 5.07. The van der Waals surface area contributed by atoms with Crippen molar-refractivity contribution in [3.8, 4) is 0 Å². The average molecular weight is 220 g/mol. The highest BCUT2D eigenvalue weighted by Crippen LogP contribution is 2.05. The smallest absolute Gasteiger partial charge is 0.321 e. The normalized spacial score (nSPS) is 17.3. The largest absolute Gasteiger partial charge is 0.332 e. The van der Waals surface area contributed by atoms with Gasteiger partial charge >= 0.3 is 6.03 Å². The predicted octanol–water partition coefficient (Wildman–Crippen LogP) is -0.245. The molecule has 0 aliphatic carbocycles. The van der Waals surface area contributed by atoms with Gasteiger partial charge in [-0.05, 0) is 6.54 Å². The Morgan fingerprint density at radius 1 is 1.50 bits per heavy atom. The van der Waals surface area contributed by atoms with Crippen LogP contribution in [-0.4, -0.2) is 48.4 Å². The molecule has 0 aromatic heterocycles. The Kier molecular flexibility index (Phi) is 4.16. The van der Waals surface area contributed by atoms with E-state index < -0.39 is 11.9 Å². The number of imide groups is 1. The fraction of sp³-hybridized carbons (Fsp3) is 0.750. The zero-order valence-corrected chi connectivity index (χ0v) is 8.80. The van der Waals surface area contributed by atoms with Crippen molar-refractivity contribution in [2.75, 3.05) is 25.5 Å². The van der Waals surface area contributed by atoms with Gasteiger partial charge in [0, 0.05) is 13.1 Å². The minimum absolute atomic E-state index is 0.151. The van der Waals surface area contributed by atoms with Crippen molar-refractivity contribution < 1.29 is 9.59 Å². The van der Waals surface area contributed by atoms with E-state index in [0.717, 1.165) is 19.6 Å². The van der Waals surface area contributed by atoms with Gasteiger partial charge in [0.1, 0.15) is 5.88 Å². The van der Waals surface area contributed by atoms with E-state index in [2.05, 4.69) is 22.5 Å². The minimum Gasteiger partial charge on any atom is -0.332 e. The highest BCUT2D eigenvalue weighted by molar-refractivity contribution is 6.28. The minimum atomic E-state index is -0.476. The predicted molar refractivity (Wildman–Crippen MR) is 53.3 cm³/mol. The van der Waals surface area contributed by atoms with Gasteiger partial charge in [0.05, 0.1) is 6.04 Å². The van der Waals surface area contributed by atoms with Crippen molar-refractivity contribution in [3.05, 3.63) is 0 Å². The molecule has 0 spiro atoms. The van der Waals surface area contributed by atoms with E-state index in [4.69, 9.17) is 11.6 Å². The Labute approximate surface area is 87.8 Å². The molecule has 80 valence electrons. The molecule has 0 saturated carbocycles. The summed E-state index contributed by atoms with van der Waals surface area (Å²) in [6.07, 6.45) is 0. The van der Waals surface area contributed by atoms with Gasteiger partial charge in [-0.3, -0.25) is 15.0 Å². The summed E-state index contributed by atoms with van der Waals surface area (Å²) in [5, 5.41) is 4.80. The lowest BCUT2D eigenvalue weighted by atomic mass is 10.1. The van der Waals surface area contributed by atoms with E-state index in [9.17, 15) is 9.59 Å². The molecule has 14 heavy (non-hydrogen) atoms. The molecule has 3 amide bonds. The number of alkyl halides is 1. The van der Waals surface area contributed by atoms with Crippen LogP contribution in [0.15, 0.2) is 0 Å². The third-order valence-corrected chi connectivity index (χ3v) is 2.36. The Morgan fingerprint density at radius 2 is 2.14 bits per heavy atom. The zero-order chi connectivity index (χ0) is 10.6. The van der Waals surface area contributed by atoms with Gasteiger partial charge in [0.15, 0.2) is 0 Å². The topological polar surface area (TPSA) is 61.4 Å². The lowest BCUT2D eigenvalue weighted by Crippen LogP contribution is -2.60. The summed E-state index contributed by atoms with van der Waals surface area (Å²) in [6.45, 7) is 4.74. The number of likely N-dealkylation sites (tertiary alicyclic amines) is 1. The number of carbonyl (C=O) groups is 2. The lowest BCUT2D eigenvalue weighted by molar-refractivity contribution is -0.117. The third kappa shape index (κ3) is 3.16. The van der Waals surface area contributed by atoms with Crippen molar-refractivity contribution in [3.63, 3.8) is 0 Å². The van der Waals surface area contributed by atoms with Crippen molar-refractivity contribution in [1.29, 1.82) is 0 Å². The summed E-state index contributed by atoms with van der Waals surface area (Å²) in [5.74, 6) is -0.671. The van der Waals surface area contributed by atoms with Gasteiger partial charge < -0.3 is 5.32 Å². The Morgan fingerprint density at radius 3 is 2.64 bits per heavy atom. The van der Waals surface area contributed by atoms with Crippen molar-refractivity contribution >= 4 is 23.5 Å². The van der Waals surface area contributed by atoms with Crippen LogP contribution in [-0.2, 0) is 4.79 Å². The molecule has 0 aromatic carbocycles. The summed E-state index contributed by atoms with van der Waals surface area (Å²) < 4.78 is 0. The second-order valence-electron chi connectivity index (χ2n) is 3.20. The number of halogens is 1. The molecule has 6 heteroatoms. The lowest BCUT2D eigenvalue weighted by Gasteiger charge is -2.38. The van der Waals surface area contributed by atoms with Crippen LogP contribution in [0.3, 0.4) is 0 Å². The van der Waals surface area contributed by atoms with Crippen LogP contribution >= 0.6 is 11.6 Å². The fourth-order valence-corrected chi connectivity index (χ4v) is 1.37. The van der Waals surface area contributed by atoms with Gasteiger partial charge in [-0.15, -0.1) is 11.6 Å². The first-order chi connectivity index (χ1) is 6.65. The van der Waals surface area contributed by atoms with E-state index in [0.29, 0.717) is 0 Å². The molecule has 1 rings (SSSR count). The molecule has 1 aliphatic rings. The molecule has 1 heterocycles. The summed E-state index contributed by atoms with van der Waals surface area (Å²) >= 11 is 5.23. The molecule has 0 atom stereocenters. The molecular weight excluding hydrogens is 206 g/mol. The van der Waals surface area contributed by atoms with Gasteiger partial charge in [0.25, 0.3) is 0 Å². The molecule has 0 bridgehead atoms. The number of hydrogen-bond donors (Lipinski definition) is 2. The maximum atomic E-state index is 11.1. The van der Waals surface area contributed by atoms with Gasteiger partial charge in [-0.2, -0.15) is 0 Å². The molecular formula is C8H14ClN3O2. The van der Waals surface area contributed by atoms with Crippen LogP contribution in [0.4, 0.5) is 4.79 Å². The van der Waals surface area contributed by atoms with Crippen molar-refractivity contribution in [1.82, 2.24) is 15.5 Å². The zero-order valence-electron chi connectivity index (χ0n) is 8.05. The second-order valence-corrected chi connectivity index (χ2v) is 3.47. The molecule has 0 aromatic rings. The monoisotopic (exact) mass is 219 g/mol. The Hall–Kier alpha value is -0.810. The number of amides is 3. The molecule has 1 saturated heterocycles. The average Bonchev–Trinajstić information content (AvgIpc) is 2.10. The van der Waals surface area contributed by atoms with Crippen molar-refractivity contribution in [2.45, 2.75) is 13.0 Å². The maximum absolute atomic E-state index is 11.1.